The predicted molar refractivity (Wildman–Crippen MR) is 51.0 cm³/mol. The van der Waals surface area contributed by atoms with Gasteiger partial charge in [0.1, 0.15) is 0 Å². The van der Waals surface area contributed by atoms with Crippen molar-refractivity contribution in [3.8, 4) is 0 Å². The second kappa shape index (κ2) is 5.87. The van der Waals surface area contributed by atoms with E-state index in [1.807, 2.05) is 12.3 Å². The van der Waals surface area contributed by atoms with E-state index in [0.717, 1.165) is 0 Å². The van der Waals surface area contributed by atoms with E-state index >= 15 is 0 Å². The Hall–Kier alpha value is -0.757. The van der Waals surface area contributed by atoms with E-state index in [0.29, 0.717) is 0 Å². The maximum absolute atomic E-state index is 10.0. The van der Waals surface area contributed by atoms with E-state index in [-0.39, 0.29) is 0 Å². The van der Waals surface area contributed by atoms with Gasteiger partial charge < -0.3 is 5.11 Å². The van der Waals surface area contributed by atoms with Crippen LogP contribution < -0.4 is 4.16 Å². The Morgan fingerprint density at radius 2 is 2.00 bits per heavy atom. The van der Waals surface area contributed by atoms with Crippen molar-refractivity contribution in [2.24, 2.45) is 5.41 Å². The van der Waals surface area contributed by atoms with E-state index in [9.17, 15) is 4.79 Å². The Morgan fingerprint density at radius 1 is 1.50 bits per heavy atom. The van der Waals surface area contributed by atoms with Crippen LogP contribution in [-0.2, 0) is 23.1 Å². The molecule has 0 unspecified atom stereocenters. The van der Waals surface area contributed by atoms with Crippen LogP contribution in [0.15, 0.2) is 24.5 Å². The summed E-state index contributed by atoms with van der Waals surface area (Å²) in [6, 6.07) is 4.03. The fourth-order valence-electron chi connectivity index (χ4n) is 0.398. The summed E-state index contributed by atoms with van der Waals surface area (Å²) >= 11 is 1.20. The third-order valence-corrected chi connectivity index (χ3v) is 2.24. The van der Waals surface area contributed by atoms with Crippen molar-refractivity contribution >= 4 is 10.1 Å². The van der Waals surface area contributed by atoms with Crippen LogP contribution in [0, 0.1) is 5.41 Å². The molecule has 0 amide bonds. The molecule has 1 aromatic heterocycles. The van der Waals surface area contributed by atoms with Gasteiger partial charge in [0, 0.05) is 0 Å². The summed E-state index contributed by atoms with van der Waals surface area (Å²) in [7, 11) is 0. The first-order chi connectivity index (χ1) is 6.34. The Kier molecular flexibility index (Phi) is 5.55. The number of hydrogen-bond donors (Lipinski definition) is 1. The summed E-state index contributed by atoms with van der Waals surface area (Å²) in [5.74, 6) is -0.757. The number of hydrogen-bond acceptors (Lipinski definition) is 2. The van der Waals surface area contributed by atoms with Gasteiger partial charge in [0.15, 0.2) is 0 Å². The van der Waals surface area contributed by atoms with Gasteiger partial charge in [-0.05, 0) is 20.8 Å². The first-order valence-electron chi connectivity index (χ1n) is 4.29. The van der Waals surface area contributed by atoms with Gasteiger partial charge in [-0.2, -0.15) is 0 Å². The number of carbonyl (C=O) groups is 1. The summed E-state index contributed by atoms with van der Waals surface area (Å²) in [5.41, 5.74) is -0.583. The summed E-state index contributed by atoms with van der Waals surface area (Å²) in [5, 5.41) is 8.25. The molecule has 1 aromatic rings. The van der Waals surface area contributed by atoms with Crippen molar-refractivity contribution in [1.82, 2.24) is 4.98 Å². The fraction of sp³-hybridized carbons (Fsp3) is 0.400. The molecule has 0 radical (unpaired) electrons. The molecule has 0 saturated carbocycles. The van der Waals surface area contributed by atoms with Gasteiger partial charge in [-0.1, -0.05) is 0 Å². The zero-order valence-electron chi connectivity index (χ0n) is 8.82. The molecule has 0 saturated heterocycles. The summed E-state index contributed by atoms with van der Waals surface area (Å²) in [4.78, 5) is 13.9. The zero-order valence-corrected chi connectivity index (χ0v) is 11.8. The molecule has 0 bridgehead atoms. The molecule has 0 aliphatic carbocycles. The van der Waals surface area contributed by atoms with E-state index in [1.165, 1.54) is 22.5 Å². The zero-order chi connectivity index (χ0) is 11.2. The van der Waals surface area contributed by atoms with Gasteiger partial charge in [-0.15, -0.1) is 0 Å². The molecule has 14 heavy (non-hydrogen) atoms. The van der Waals surface area contributed by atoms with Crippen LogP contribution in [0.2, 0.25) is 0 Å². The van der Waals surface area contributed by atoms with Crippen LogP contribution in [0.25, 0.3) is 0 Å². The van der Waals surface area contributed by atoms with E-state index in [4.69, 9.17) is 5.11 Å². The van der Waals surface area contributed by atoms with Gasteiger partial charge in [0.05, 0.1) is 5.41 Å². The number of nitrogens with zero attached hydrogens (tertiary/aromatic N) is 1. The van der Waals surface area contributed by atoms with Crippen LogP contribution in [-0.4, -0.2) is 16.1 Å². The van der Waals surface area contributed by atoms with E-state index < -0.39 is 11.4 Å². The molecule has 4 heteroatoms. The Balaban J connectivity index is 0.000000241. The molecule has 0 aromatic carbocycles. The number of pyridine rings is 1. The average molecular weight is 246 g/mol. The van der Waals surface area contributed by atoms with Crippen molar-refractivity contribution in [2.75, 3.05) is 0 Å². The van der Waals surface area contributed by atoms with Crippen molar-refractivity contribution in [3.05, 3.63) is 24.5 Å². The van der Waals surface area contributed by atoms with Crippen LogP contribution in [0.1, 0.15) is 20.8 Å². The SMILES string of the molecule is CC(C)(C)C(=O)O.[Zn][c]1cccnc1. The molecular formula is C10H14NO2Zn. The fourth-order valence-corrected chi connectivity index (χ4v) is 0.905. The molecule has 1 rings (SSSR count). The molecule has 0 aliphatic heterocycles. The summed E-state index contributed by atoms with van der Waals surface area (Å²) < 4.78 is 1.34. The van der Waals surface area contributed by atoms with Gasteiger partial charge in [-0.25, -0.2) is 0 Å². The summed E-state index contributed by atoms with van der Waals surface area (Å²) in [6.45, 7) is 4.99. The molecule has 0 atom stereocenters. The number of aromatic nitrogens is 1. The minimum atomic E-state index is -0.757. The molecule has 1 heterocycles. The number of rotatable bonds is 0. The number of carboxylic acid groups (broad SMARTS) is 1. The third-order valence-electron chi connectivity index (χ3n) is 1.36. The molecular weight excluding hydrogens is 232 g/mol. The number of aliphatic carboxylic acids is 1. The van der Waals surface area contributed by atoms with Crippen molar-refractivity contribution < 1.29 is 28.2 Å². The minimum absolute atomic E-state index is 0.583. The van der Waals surface area contributed by atoms with Crippen molar-refractivity contribution in [3.63, 3.8) is 0 Å². The Morgan fingerprint density at radius 3 is 2.14 bits per heavy atom. The second-order valence-electron chi connectivity index (χ2n) is 3.92. The maximum atomic E-state index is 10.0. The molecule has 0 spiro atoms. The summed E-state index contributed by atoms with van der Waals surface area (Å²) in [6.07, 6.45) is 3.68. The van der Waals surface area contributed by atoms with Gasteiger partial charge in [0.2, 0.25) is 0 Å². The molecule has 73 valence electrons. The first-order valence-corrected chi connectivity index (χ1v) is 5.78. The van der Waals surface area contributed by atoms with E-state index in [2.05, 4.69) is 11.1 Å². The van der Waals surface area contributed by atoms with Crippen molar-refractivity contribution in [1.29, 1.82) is 0 Å². The normalized spacial score (nSPS) is 10.1. The van der Waals surface area contributed by atoms with Crippen LogP contribution in [0.3, 0.4) is 0 Å². The van der Waals surface area contributed by atoms with Crippen molar-refractivity contribution in [2.45, 2.75) is 20.8 Å². The monoisotopic (exact) mass is 244 g/mol. The molecule has 3 nitrogen and oxygen atoms in total. The topological polar surface area (TPSA) is 50.2 Å². The van der Waals surface area contributed by atoms with Gasteiger partial charge in [0.25, 0.3) is 0 Å². The van der Waals surface area contributed by atoms with Crippen LogP contribution >= 0.6 is 0 Å². The Bertz CT molecular complexity index is 280. The Labute approximate surface area is 94.2 Å². The van der Waals surface area contributed by atoms with Gasteiger partial charge >= 0.3 is 57.9 Å². The standard InChI is InChI=1S/C5H4N.C5H10O2.Zn/c1-2-4-6-5-3-1;1-5(2,3)4(6)7;/h1-2,4-5H;1-3H3,(H,6,7);. The molecule has 0 fully saturated rings. The van der Waals surface area contributed by atoms with Gasteiger partial charge in [-0.3, -0.25) is 4.79 Å². The predicted octanol–water partition coefficient (Wildman–Crippen LogP) is 1.37. The van der Waals surface area contributed by atoms with Crippen LogP contribution in [0.5, 0.6) is 0 Å². The third kappa shape index (κ3) is 6.73. The quantitative estimate of drug-likeness (QED) is 0.703. The molecule has 1 N–H and O–H groups in total. The van der Waals surface area contributed by atoms with E-state index in [1.54, 1.807) is 27.0 Å². The molecule has 0 aliphatic rings. The first kappa shape index (κ1) is 13.2. The van der Waals surface area contributed by atoms with Crippen LogP contribution in [0.4, 0.5) is 0 Å². The number of carboxylic acids is 1. The second-order valence-corrected chi connectivity index (χ2v) is 5.63. The average Bonchev–Trinajstić information content (AvgIpc) is 2.04.